The summed E-state index contributed by atoms with van der Waals surface area (Å²) >= 11 is -3.75. The van der Waals surface area contributed by atoms with Gasteiger partial charge in [0.2, 0.25) is 0 Å². The van der Waals surface area contributed by atoms with Crippen molar-refractivity contribution in [2.24, 2.45) is 0 Å². The molecule has 0 aromatic heterocycles. The molecule has 0 aliphatic carbocycles. The van der Waals surface area contributed by atoms with Gasteiger partial charge in [-0.1, -0.05) is 18.2 Å². The van der Waals surface area contributed by atoms with Crippen molar-refractivity contribution < 1.29 is 55.3 Å². The number of ether oxygens (including phenoxy) is 3. The van der Waals surface area contributed by atoms with Crippen molar-refractivity contribution in [1.29, 1.82) is 0 Å². The van der Waals surface area contributed by atoms with Gasteiger partial charge < -0.3 is 40.9 Å². The Hall–Kier alpha value is -5.38. The average molecular weight is 607 g/mol. The first kappa shape index (κ1) is 32.1. The van der Waals surface area contributed by atoms with E-state index in [1.165, 1.54) is 94.2 Å². The van der Waals surface area contributed by atoms with Crippen molar-refractivity contribution in [3.63, 3.8) is 0 Å². The van der Waals surface area contributed by atoms with Crippen LogP contribution in [0.5, 0.6) is 34.5 Å². The molecule has 43 heavy (non-hydrogen) atoms. The highest BCUT2D eigenvalue weighted by atomic mass is 27.3. The molecule has 0 radical (unpaired) electrons. The fourth-order valence-electron chi connectivity index (χ4n) is 3.36. The van der Waals surface area contributed by atoms with Crippen molar-refractivity contribution >= 4 is 51.3 Å². The average Bonchev–Trinajstić information content (AvgIpc) is 2.99. The predicted molar refractivity (Wildman–Crippen MR) is 155 cm³/mol. The predicted octanol–water partition coefficient (Wildman–Crippen LogP) is 3.88. The molecule has 13 heteroatoms. The van der Waals surface area contributed by atoms with Crippen LogP contribution in [0.25, 0.3) is 18.2 Å². The molecule has 3 N–H and O–H groups in total. The van der Waals surface area contributed by atoms with Gasteiger partial charge in [0.25, 0.3) is 17.9 Å². The highest BCUT2D eigenvalue weighted by molar-refractivity contribution is 6.45. The Balaban J connectivity index is 1.74. The van der Waals surface area contributed by atoms with Gasteiger partial charge in [0.1, 0.15) is 0 Å². The van der Waals surface area contributed by atoms with E-state index in [-0.39, 0.29) is 34.5 Å². The second kappa shape index (κ2) is 15.6. The number of hydrogen-bond acceptors (Lipinski definition) is 12. The van der Waals surface area contributed by atoms with Crippen molar-refractivity contribution in [1.82, 2.24) is 0 Å². The lowest BCUT2D eigenvalue weighted by Gasteiger charge is -2.10. The Morgan fingerprint density at radius 2 is 0.814 bits per heavy atom. The van der Waals surface area contributed by atoms with E-state index in [0.29, 0.717) is 16.7 Å². The summed E-state index contributed by atoms with van der Waals surface area (Å²) in [7, 11) is 4.11. The third kappa shape index (κ3) is 9.89. The largest absolute Gasteiger partial charge is 1.20 e. The van der Waals surface area contributed by atoms with E-state index < -0.39 is 33.1 Å². The molecular weight excluding hydrogens is 579 g/mol. The summed E-state index contributed by atoms with van der Waals surface area (Å²) in [6, 6.07) is 13.1. The second-order valence-electron chi connectivity index (χ2n) is 8.39. The van der Waals surface area contributed by atoms with E-state index in [4.69, 9.17) is 25.6 Å². The van der Waals surface area contributed by atoms with Gasteiger partial charge in [0, 0.05) is 18.2 Å². The van der Waals surface area contributed by atoms with Gasteiger partial charge >= 0.3 is 15.1 Å². The summed E-state index contributed by atoms with van der Waals surface area (Å²) in [5.74, 6) is -2.63. The van der Waals surface area contributed by atoms with Crippen LogP contribution in [0.4, 0.5) is 0 Å². The molecule has 0 aliphatic rings. The van der Waals surface area contributed by atoms with Gasteiger partial charge in [-0.05, 0) is 71.3 Å². The summed E-state index contributed by atoms with van der Waals surface area (Å²) in [6.45, 7) is 0. The van der Waals surface area contributed by atoms with Crippen LogP contribution in [-0.2, 0) is 25.7 Å². The highest BCUT2D eigenvalue weighted by Crippen LogP contribution is 2.28. The van der Waals surface area contributed by atoms with E-state index in [2.05, 4.69) is 0 Å². The third-order valence-electron chi connectivity index (χ3n) is 5.48. The van der Waals surface area contributed by atoms with E-state index in [0.717, 1.165) is 18.2 Å². The smallest absolute Gasteiger partial charge is 0.547 e. The molecule has 0 saturated carbocycles. The van der Waals surface area contributed by atoms with Gasteiger partial charge in [0.15, 0.2) is 34.5 Å². The molecule has 0 fully saturated rings. The zero-order valence-electron chi connectivity index (χ0n) is 23.3. The molecule has 0 atom stereocenters. The Morgan fingerprint density at radius 3 is 1.07 bits per heavy atom. The van der Waals surface area contributed by atoms with Crippen LogP contribution >= 0.6 is 0 Å². The van der Waals surface area contributed by atoms with Gasteiger partial charge in [-0.3, -0.25) is 14.4 Å². The maximum atomic E-state index is 12.5. The Kier molecular flexibility index (Phi) is 11.6. The minimum absolute atomic E-state index is 0.0915. The van der Waals surface area contributed by atoms with Crippen LogP contribution < -0.4 is 14.2 Å². The zero-order valence-corrected chi connectivity index (χ0v) is 24.4. The summed E-state index contributed by atoms with van der Waals surface area (Å²) in [4.78, 5) is 37.6. The maximum Gasteiger partial charge on any atom is 1.20 e. The molecule has 0 bridgehead atoms. The first-order chi connectivity index (χ1) is 20.6. The van der Waals surface area contributed by atoms with Gasteiger partial charge in [0.05, 0.1) is 21.3 Å². The van der Waals surface area contributed by atoms with Gasteiger partial charge in [-0.2, -0.15) is 0 Å². The molecule has 222 valence electrons. The standard InChI is InChI=1S/3C10H10O4.Al/c3*1-14-9-6-7(2-4-8(9)11)3-5-10(12)13;/h3*2-6,11H,1H3,(H,12,13);/q;;;+3/p-3/b3*5-3+;. The lowest BCUT2D eigenvalue weighted by atomic mass is 10.2. The molecule has 0 unspecified atom stereocenters. The molecule has 0 spiro atoms. The minimum atomic E-state index is -3.75. The van der Waals surface area contributed by atoms with Crippen LogP contribution in [-0.4, -0.2) is 69.7 Å². The maximum absolute atomic E-state index is 12.5. The first-order valence-corrected chi connectivity index (χ1v) is 13.8. The zero-order chi connectivity index (χ0) is 31.4. The number of aromatic hydroxyl groups is 3. The lowest BCUT2D eigenvalue weighted by molar-refractivity contribution is -0.141. The highest BCUT2D eigenvalue weighted by Gasteiger charge is 2.48. The number of hydrogen-bond donors (Lipinski definition) is 3. The Bertz CT molecular complexity index is 1380. The van der Waals surface area contributed by atoms with E-state index in [9.17, 15) is 29.7 Å². The number of methoxy groups -OCH3 is 3. The fraction of sp³-hybridized carbons (Fsp3) is 0.100. The van der Waals surface area contributed by atoms with Crippen LogP contribution in [0.2, 0.25) is 0 Å². The van der Waals surface area contributed by atoms with Crippen molar-refractivity contribution in [2.45, 2.75) is 0 Å². The first-order valence-electron chi connectivity index (χ1n) is 12.4. The number of rotatable bonds is 12. The third-order valence-corrected chi connectivity index (χ3v) is 6.76. The fourth-order valence-corrected chi connectivity index (χ4v) is 4.31. The molecule has 0 heterocycles. The van der Waals surface area contributed by atoms with E-state index in [1.807, 2.05) is 0 Å². The van der Waals surface area contributed by atoms with E-state index in [1.54, 1.807) is 0 Å². The molecule has 3 aromatic rings. The molecule has 3 rings (SSSR count). The molecular formula is C30H27AlO12. The quantitative estimate of drug-likeness (QED) is 0.201. The Morgan fingerprint density at radius 1 is 0.535 bits per heavy atom. The SMILES string of the molecule is COc1cc(/C=C/C(=O)[O][Al]([O]C(=O)/C=C/c2ccc(O)c(OC)c2)[O]C(=O)/C=C/c2ccc(O)c(OC)c2)ccc1O. The summed E-state index contributed by atoms with van der Waals surface area (Å²) in [6.07, 6.45) is 7.13. The Labute approximate surface area is 251 Å². The molecule has 3 aromatic carbocycles. The number of phenolic OH excluding ortho intramolecular Hbond substituents is 3. The molecule has 0 amide bonds. The summed E-state index contributed by atoms with van der Waals surface area (Å²) in [5, 5.41) is 29.2. The van der Waals surface area contributed by atoms with Crippen LogP contribution in [0.1, 0.15) is 16.7 Å². The monoisotopic (exact) mass is 606 g/mol. The lowest BCUT2D eigenvalue weighted by Crippen LogP contribution is -2.33. The molecule has 0 saturated heterocycles. The van der Waals surface area contributed by atoms with Gasteiger partial charge in [-0.25, -0.2) is 0 Å². The topological polar surface area (TPSA) is 167 Å². The number of carbonyl (C=O) groups excluding carboxylic acids is 3. The van der Waals surface area contributed by atoms with Crippen molar-refractivity contribution in [3.8, 4) is 34.5 Å². The number of phenols is 3. The normalized spacial score (nSPS) is 11.0. The minimum Gasteiger partial charge on any atom is -0.547 e. The van der Waals surface area contributed by atoms with Crippen LogP contribution in [0, 0.1) is 0 Å². The van der Waals surface area contributed by atoms with Crippen molar-refractivity contribution in [2.75, 3.05) is 21.3 Å². The number of benzene rings is 3. The van der Waals surface area contributed by atoms with Crippen molar-refractivity contribution in [3.05, 3.63) is 89.5 Å². The molecule has 12 nitrogen and oxygen atoms in total. The van der Waals surface area contributed by atoms with Crippen LogP contribution in [0.15, 0.2) is 72.8 Å². The number of carbonyl (C=O) groups is 3. The second-order valence-corrected chi connectivity index (χ2v) is 9.68. The summed E-state index contributed by atoms with van der Waals surface area (Å²) < 4.78 is 30.6. The summed E-state index contributed by atoms with van der Waals surface area (Å²) in [5.41, 5.74) is 1.45. The van der Waals surface area contributed by atoms with E-state index >= 15 is 0 Å². The molecule has 0 aliphatic heterocycles. The van der Waals surface area contributed by atoms with Gasteiger partial charge in [-0.15, -0.1) is 0 Å². The van der Waals surface area contributed by atoms with Crippen LogP contribution in [0.3, 0.4) is 0 Å².